The second-order valence-electron chi connectivity index (χ2n) is 9.16. The lowest BCUT2D eigenvalue weighted by atomic mass is 9.97. The van der Waals surface area contributed by atoms with Gasteiger partial charge in [-0.1, -0.05) is 18.2 Å². The number of piperidine rings is 1. The second-order valence-corrected chi connectivity index (χ2v) is 9.16. The molecule has 9 nitrogen and oxygen atoms in total. The predicted octanol–water partition coefficient (Wildman–Crippen LogP) is 2.20. The fourth-order valence-corrected chi connectivity index (χ4v) is 4.79. The maximum atomic E-state index is 13.0. The number of primary amides is 1. The van der Waals surface area contributed by atoms with E-state index in [0.717, 1.165) is 32.4 Å². The van der Waals surface area contributed by atoms with Gasteiger partial charge in [-0.15, -0.1) is 0 Å². The Morgan fingerprint density at radius 2 is 1.83 bits per heavy atom. The van der Waals surface area contributed by atoms with Crippen molar-refractivity contribution in [1.29, 1.82) is 0 Å². The van der Waals surface area contributed by atoms with Gasteiger partial charge in [0.1, 0.15) is 5.75 Å². The summed E-state index contributed by atoms with van der Waals surface area (Å²) in [5.74, 6) is -0.874. The molecule has 2 aromatic rings. The van der Waals surface area contributed by atoms with Gasteiger partial charge in [0.25, 0.3) is 17.7 Å². The Hall–Kier alpha value is -3.72. The molecule has 1 saturated heterocycles. The standard InChI is InChI=1S/C27H32N4O5/c1-2-36-23-11-10-18(16-31-26(34)20-8-3-4-9-21(20)27(31)35)15-22(23)25(33)29-12-6-14-30-13-5-7-19(17-30)24(28)32/h3-4,8-11,15,19H,2,5-7,12-14,16-17H2,1H3,(H2,28,32)(H,29,33). The number of fused-ring (bicyclic) bond motifs is 1. The van der Waals surface area contributed by atoms with Crippen LogP contribution < -0.4 is 15.8 Å². The molecule has 9 heteroatoms. The number of ether oxygens (including phenoxy) is 1. The summed E-state index contributed by atoms with van der Waals surface area (Å²) < 4.78 is 5.65. The van der Waals surface area contributed by atoms with Crippen LogP contribution in [0.15, 0.2) is 42.5 Å². The van der Waals surface area contributed by atoms with Crippen molar-refractivity contribution in [1.82, 2.24) is 15.1 Å². The number of rotatable bonds is 10. The van der Waals surface area contributed by atoms with E-state index in [0.29, 0.717) is 47.7 Å². The highest BCUT2D eigenvalue weighted by molar-refractivity contribution is 6.21. The maximum absolute atomic E-state index is 13.0. The van der Waals surface area contributed by atoms with Gasteiger partial charge in [0.2, 0.25) is 5.91 Å². The van der Waals surface area contributed by atoms with Crippen LogP contribution in [0.3, 0.4) is 0 Å². The second kappa shape index (κ2) is 11.3. The number of carbonyl (C=O) groups is 4. The summed E-state index contributed by atoms with van der Waals surface area (Å²) in [5, 5.41) is 2.94. The predicted molar refractivity (Wildman–Crippen MR) is 134 cm³/mol. The zero-order valence-corrected chi connectivity index (χ0v) is 20.5. The number of amides is 4. The Balaban J connectivity index is 1.37. The average molecular weight is 493 g/mol. The molecule has 0 saturated carbocycles. The fraction of sp³-hybridized carbons (Fsp3) is 0.407. The van der Waals surface area contributed by atoms with E-state index >= 15 is 0 Å². The van der Waals surface area contributed by atoms with E-state index in [-0.39, 0.29) is 36.1 Å². The first kappa shape index (κ1) is 25.4. The van der Waals surface area contributed by atoms with Gasteiger partial charge in [-0.2, -0.15) is 0 Å². The zero-order valence-electron chi connectivity index (χ0n) is 20.5. The van der Waals surface area contributed by atoms with Gasteiger partial charge in [0.15, 0.2) is 0 Å². The zero-order chi connectivity index (χ0) is 25.7. The van der Waals surface area contributed by atoms with Crippen LogP contribution >= 0.6 is 0 Å². The number of hydrogen-bond donors (Lipinski definition) is 2. The van der Waals surface area contributed by atoms with E-state index in [1.807, 2.05) is 6.92 Å². The minimum Gasteiger partial charge on any atom is -0.493 e. The third kappa shape index (κ3) is 5.57. The number of imide groups is 1. The quantitative estimate of drug-likeness (QED) is 0.387. The van der Waals surface area contributed by atoms with Crippen molar-refractivity contribution in [3.05, 3.63) is 64.7 Å². The van der Waals surface area contributed by atoms with Crippen LogP contribution in [0, 0.1) is 5.92 Å². The maximum Gasteiger partial charge on any atom is 0.261 e. The monoisotopic (exact) mass is 492 g/mol. The van der Waals surface area contributed by atoms with Crippen molar-refractivity contribution in [3.8, 4) is 5.75 Å². The molecule has 0 aliphatic carbocycles. The molecule has 2 aliphatic heterocycles. The molecule has 4 amide bonds. The Bertz CT molecular complexity index is 1130. The summed E-state index contributed by atoms with van der Waals surface area (Å²) in [6, 6.07) is 11.9. The first-order valence-corrected chi connectivity index (χ1v) is 12.4. The van der Waals surface area contributed by atoms with Crippen LogP contribution in [0.4, 0.5) is 0 Å². The molecule has 0 spiro atoms. The first-order chi connectivity index (χ1) is 17.4. The Morgan fingerprint density at radius 1 is 1.11 bits per heavy atom. The molecule has 2 aliphatic rings. The lowest BCUT2D eigenvalue weighted by molar-refractivity contribution is -0.123. The van der Waals surface area contributed by atoms with Gasteiger partial charge in [-0.25, -0.2) is 0 Å². The van der Waals surface area contributed by atoms with Gasteiger partial charge in [0, 0.05) is 13.1 Å². The van der Waals surface area contributed by atoms with Crippen LogP contribution in [-0.2, 0) is 11.3 Å². The van der Waals surface area contributed by atoms with Gasteiger partial charge in [-0.3, -0.25) is 24.1 Å². The van der Waals surface area contributed by atoms with Crippen molar-refractivity contribution in [3.63, 3.8) is 0 Å². The van der Waals surface area contributed by atoms with Crippen LogP contribution in [0.25, 0.3) is 0 Å². The van der Waals surface area contributed by atoms with E-state index < -0.39 is 0 Å². The highest BCUT2D eigenvalue weighted by Gasteiger charge is 2.35. The molecule has 1 fully saturated rings. The topological polar surface area (TPSA) is 122 Å². The normalized spacial score (nSPS) is 17.7. The van der Waals surface area contributed by atoms with E-state index in [4.69, 9.17) is 10.5 Å². The van der Waals surface area contributed by atoms with E-state index in [9.17, 15) is 19.2 Å². The van der Waals surface area contributed by atoms with Crippen molar-refractivity contribution in [2.75, 3.05) is 32.8 Å². The van der Waals surface area contributed by atoms with Crippen molar-refractivity contribution < 1.29 is 23.9 Å². The number of carbonyl (C=O) groups excluding carboxylic acids is 4. The summed E-state index contributed by atoms with van der Waals surface area (Å²) in [6.45, 7) is 5.12. The molecular formula is C27H32N4O5. The Kier molecular flexibility index (Phi) is 8.00. The SMILES string of the molecule is CCOc1ccc(CN2C(=O)c3ccccc3C2=O)cc1C(=O)NCCCN1CCCC(C(N)=O)C1. The van der Waals surface area contributed by atoms with Crippen LogP contribution in [0.5, 0.6) is 5.75 Å². The number of nitrogens with zero attached hydrogens (tertiary/aromatic N) is 2. The van der Waals surface area contributed by atoms with Gasteiger partial charge < -0.3 is 20.7 Å². The van der Waals surface area contributed by atoms with Crippen LogP contribution in [-0.4, -0.2) is 66.2 Å². The number of hydrogen-bond acceptors (Lipinski definition) is 6. The average Bonchev–Trinajstić information content (AvgIpc) is 3.12. The molecule has 1 atom stereocenters. The van der Waals surface area contributed by atoms with Crippen molar-refractivity contribution in [2.45, 2.75) is 32.7 Å². The highest BCUT2D eigenvalue weighted by atomic mass is 16.5. The highest BCUT2D eigenvalue weighted by Crippen LogP contribution is 2.26. The van der Waals surface area contributed by atoms with Gasteiger partial charge >= 0.3 is 0 Å². The summed E-state index contributed by atoms with van der Waals surface area (Å²) in [4.78, 5) is 53.4. The van der Waals surface area contributed by atoms with Gasteiger partial charge in [-0.05, 0) is 69.1 Å². The number of nitrogens with two attached hydrogens (primary N) is 1. The Labute approximate surface area is 210 Å². The van der Waals surface area contributed by atoms with Crippen molar-refractivity contribution in [2.24, 2.45) is 11.7 Å². The smallest absolute Gasteiger partial charge is 0.261 e. The van der Waals surface area contributed by atoms with Crippen molar-refractivity contribution >= 4 is 23.6 Å². The van der Waals surface area contributed by atoms with E-state index in [1.165, 1.54) is 4.90 Å². The summed E-state index contributed by atoms with van der Waals surface area (Å²) >= 11 is 0. The summed E-state index contributed by atoms with van der Waals surface area (Å²) in [5.41, 5.74) is 7.25. The largest absolute Gasteiger partial charge is 0.493 e. The molecule has 36 heavy (non-hydrogen) atoms. The number of benzene rings is 2. The lowest BCUT2D eigenvalue weighted by Crippen LogP contribution is -2.42. The molecule has 4 rings (SSSR count). The van der Waals surface area contributed by atoms with E-state index in [2.05, 4.69) is 10.2 Å². The number of nitrogens with one attached hydrogen (secondary N) is 1. The van der Waals surface area contributed by atoms with Gasteiger partial charge in [0.05, 0.1) is 35.8 Å². The molecular weight excluding hydrogens is 460 g/mol. The molecule has 0 aromatic heterocycles. The molecule has 190 valence electrons. The van der Waals surface area contributed by atoms with Crippen LogP contribution in [0.1, 0.15) is 62.8 Å². The molecule has 1 unspecified atom stereocenters. The molecule has 0 radical (unpaired) electrons. The number of likely N-dealkylation sites (tertiary alicyclic amines) is 1. The molecule has 2 aromatic carbocycles. The molecule has 0 bridgehead atoms. The van der Waals surface area contributed by atoms with Crippen LogP contribution in [0.2, 0.25) is 0 Å². The minimum atomic E-state index is -0.341. The van der Waals surface area contributed by atoms with E-state index in [1.54, 1.807) is 42.5 Å². The summed E-state index contributed by atoms with van der Waals surface area (Å²) in [7, 11) is 0. The molecule has 3 N–H and O–H groups in total. The lowest BCUT2D eigenvalue weighted by Gasteiger charge is -2.31. The molecule has 2 heterocycles. The third-order valence-corrected chi connectivity index (χ3v) is 6.65. The third-order valence-electron chi connectivity index (χ3n) is 6.65. The minimum absolute atomic E-state index is 0.0645. The Morgan fingerprint density at radius 3 is 2.50 bits per heavy atom. The first-order valence-electron chi connectivity index (χ1n) is 12.4. The summed E-state index contributed by atoms with van der Waals surface area (Å²) in [6.07, 6.45) is 2.51. The fourth-order valence-electron chi connectivity index (χ4n) is 4.79.